The van der Waals surface area contributed by atoms with E-state index in [9.17, 15) is 4.79 Å². The zero-order valence-electron chi connectivity index (χ0n) is 13.8. The third-order valence-corrected chi connectivity index (χ3v) is 4.77. The van der Waals surface area contributed by atoms with E-state index in [0.717, 1.165) is 21.8 Å². The van der Waals surface area contributed by atoms with Gasteiger partial charge in [0.15, 0.2) is 5.65 Å². The molecule has 0 fully saturated rings. The van der Waals surface area contributed by atoms with Gasteiger partial charge in [-0.2, -0.15) is 10.2 Å². The fraction of sp³-hybridized carbons (Fsp3) is 0.176. The van der Waals surface area contributed by atoms with Crippen LogP contribution in [0.5, 0.6) is 0 Å². The number of aromatic nitrogens is 5. The summed E-state index contributed by atoms with van der Waals surface area (Å²) in [6, 6.07) is 5.98. The quantitative estimate of drug-likeness (QED) is 0.612. The Kier molecular flexibility index (Phi) is 3.81. The summed E-state index contributed by atoms with van der Waals surface area (Å²) in [5, 5.41) is 13.5. The maximum atomic E-state index is 12.7. The number of amides is 1. The first-order chi connectivity index (χ1) is 12.1. The van der Waals surface area contributed by atoms with Crippen molar-refractivity contribution >= 4 is 22.9 Å². The molecule has 4 heterocycles. The first kappa shape index (κ1) is 15.5. The maximum absolute atomic E-state index is 12.7. The van der Waals surface area contributed by atoms with Crippen LogP contribution in [0.25, 0.3) is 16.2 Å². The van der Waals surface area contributed by atoms with Crippen LogP contribution in [0.15, 0.2) is 42.2 Å². The van der Waals surface area contributed by atoms with Crippen LogP contribution in [0, 0.1) is 6.92 Å². The van der Waals surface area contributed by atoms with E-state index in [0.29, 0.717) is 17.8 Å². The van der Waals surface area contributed by atoms with Crippen LogP contribution in [-0.2, 0) is 6.54 Å². The third-order valence-electron chi connectivity index (χ3n) is 3.87. The number of nitrogens with one attached hydrogen (secondary N) is 1. The third kappa shape index (κ3) is 2.91. The van der Waals surface area contributed by atoms with E-state index in [1.165, 1.54) is 0 Å². The number of H-pyrrole nitrogens is 1. The number of fused-ring (bicyclic) bond motifs is 1. The molecule has 0 radical (unpaired) electrons. The van der Waals surface area contributed by atoms with Gasteiger partial charge in [-0.25, -0.2) is 9.50 Å². The van der Waals surface area contributed by atoms with E-state index in [2.05, 4.69) is 20.3 Å². The second kappa shape index (κ2) is 6.14. The van der Waals surface area contributed by atoms with Crippen LogP contribution >= 0.6 is 11.3 Å². The lowest BCUT2D eigenvalue weighted by atomic mass is 10.2. The number of thiophene rings is 1. The van der Waals surface area contributed by atoms with Crippen molar-refractivity contribution in [2.24, 2.45) is 0 Å². The summed E-state index contributed by atoms with van der Waals surface area (Å²) >= 11 is 1.63. The largest absolute Gasteiger partial charge is 0.336 e. The number of aryl methyl sites for hydroxylation is 1. The van der Waals surface area contributed by atoms with E-state index >= 15 is 0 Å². The number of rotatable bonds is 4. The van der Waals surface area contributed by atoms with Gasteiger partial charge < -0.3 is 4.90 Å². The van der Waals surface area contributed by atoms with Crippen molar-refractivity contribution in [1.29, 1.82) is 0 Å². The Balaban J connectivity index is 1.54. The van der Waals surface area contributed by atoms with Crippen molar-refractivity contribution < 1.29 is 4.79 Å². The molecule has 1 N–H and O–H groups in total. The Morgan fingerprint density at radius 2 is 2.28 bits per heavy atom. The minimum absolute atomic E-state index is 0.126. The zero-order valence-corrected chi connectivity index (χ0v) is 14.6. The van der Waals surface area contributed by atoms with Gasteiger partial charge >= 0.3 is 0 Å². The molecular weight excluding hydrogens is 336 g/mol. The molecule has 25 heavy (non-hydrogen) atoms. The molecule has 0 aliphatic carbocycles. The highest BCUT2D eigenvalue weighted by Gasteiger charge is 2.19. The van der Waals surface area contributed by atoms with Gasteiger partial charge in [-0.3, -0.25) is 9.89 Å². The monoisotopic (exact) mass is 352 g/mol. The zero-order chi connectivity index (χ0) is 17.4. The summed E-state index contributed by atoms with van der Waals surface area (Å²) in [5.74, 6) is -0.126. The Morgan fingerprint density at radius 3 is 3.08 bits per heavy atom. The fourth-order valence-corrected chi connectivity index (χ4v) is 3.33. The number of hydrogen-bond donors (Lipinski definition) is 1. The normalized spacial score (nSPS) is 11.1. The van der Waals surface area contributed by atoms with Gasteiger partial charge in [0.2, 0.25) is 0 Å². The topological polar surface area (TPSA) is 79.2 Å². The number of carbonyl (C=O) groups excluding carboxylic acids is 1. The summed E-state index contributed by atoms with van der Waals surface area (Å²) < 4.78 is 1.63. The second-order valence-electron chi connectivity index (χ2n) is 5.87. The first-order valence-electron chi connectivity index (χ1n) is 7.75. The Bertz CT molecular complexity index is 1030. The summed E-state index contributed by atoms with van der Waals surface area (Å²) in [6.07, 6.45) is 5.14. The van der Waals surface area contributed by atoms with E-state index < -0.39 is 0 Å². The molecule has 7 nitrogen and oxygen atoms in total. The van der Waals surface area contributed by atoms with E-state index in [4.69, 9.17) is 0 Å². The molecule has 0 unspecified atom stereocenters. The highest BCUT2D eigenvalue weighted by molar-refractivity contribution is 7.13. The summed E-state index contributed by atoms with van der Waals surface area (Å²) in [5.41, 5.74) is 3.80. The highest BCUT2D eigenvalue weighted by Crippen LogP contribution is 2.23. The Hall–Kier alpha value is -3.00. The Labute approximate surface area is 147 Å². The first-order valence-corrected chi connectivity index (χ1v) is 8.63. The molecule has 4 aromatic rings. The van der Waals surface area contributed by atoms with E-state index in [1.807, 2.05) is 36.7 Å². The average Bonchev–Trinajstić information content (AvgIpc) is 3.33. The molecular formula is C17H16N6OS. The number of carbonyl (C=O) groups is 1. The molecule has 0 atom stereocenters. The van der Waals surface area contributed by atoms with Crippen molar-refractivity contribution in [3.63, 3.8) is 0 Å². The number of nitrogens with zero attached hydrogens (tertiary/aromatic N) is 5. The number of aromatic amines is 1. The van der Waals surface area contributed by atoms with Crippen LogP contribution in [0.2, 0.25) is 0 Å². The van der Waals surface area contributed by atoms with E-state index in [-0.39, 0.29) is 5.91 Å². The SMILES string of the molecule is Cc1cnc2c(C(=O)N(C)Cc3cc(-c4cccs4)n[nH]3)cnn2c1. The molecule has 0 aliphatic rings. The van der Waals surface area contributed by atoms with Gasteiger partial charge in [0.05, 0.1) is 23.3 Å². The van der Waals surface area contributed by atoms with Crippen LogP contribution in [0.4, 0.5) is 0 Å². The number of hydrogen-bond acceptors (Lipinski definition) is 5. The van der Waals surface area contributed by atoms with Gasteiger partial charge in [-0.15, -0.1) is 11.3 Å². The molecule has 126 valence electrons. The van der Waals surface area contributed by atoms with Gasteiger partial charge in [-0.1, -0.05) is 6.07 Å². The molecule has 8 heteroatoms. The van der Waals surface area contributed by atoms with Crippen LogP contribution in [0.3, 0.4) is 0 Å². The minimum Gasteiger partial charge on any atom is -0.336 e. The standard InChI is InChI=1S/C17H16N6OS/c1-11-7-18-16-13(8-19-23(16)9-11)17(24)22(2)10-12-6-14(21-20-12)15-4-3-5-25-15/h3-9H,10H2,1-2H3,(H,20,21). The Morgan fingerprint density at radius 1 is 1.40 bits per heavy atom. The van der Waals surface area contributed by atoms with Crippen LogP contribution in [0.1, 0.15) is 21.6 Å². The van der Waals surface area contributed by atoms with Crippen molar-refractivity contribution in [2.45, 2.75) is 13.5 Å². The minimum atomic E-state index is -0.126. The molecule has 0 bridgehead atoms. The smallest absolute Gasteiger partial charge is 0.259 e. The van der Waals surface area contributed by atoms with Crippen LogP contribution in [-0.4, -0.2) is 42.7 Å². The van der Waals surface area contributed by atoms with Crippen molar-refractivity contribution in [1.82, 2.24) is 29.7 Å². The van der Waals surface area contributed by atoms with E-state index in [1.54, 1.807) is 40.2 Å². The molecule has 4 aromatic heterocycles. The van der Waals surface area contributed by atoms with Crippen LogP contribution < -0.4 is 0 Å². The van der Waals surface area contributed by atoms with Crippen molar-refractivity contribution in [2.75, 3.05) is 7.05 Å². The van der Waals surface area contributed by atoms with Gasteiger partial charge in [-0.05, 0) is 30.0 Å². The molecule has 0 aliphatic heterocycles. The molecule has 1 amide bonds. The lowest BCUT2D eigenvalue weighted by Gasteiger charge is -2.15. The molecule has 0 spiro atoms. The van der Waals surface area contributed by atoms with Gasteiger partial charge in [0.25, 0.3) is 5.91 Å². The maximum Gasteiger partial charge on any atom is 0.259 e. The van der Waals surface area contributed by atoms with Crippen molar-refractivity contribution in [3.8, 4) is 10.6 Å². The lowest BCUT2D eigenvalue weighted by molar-refractivity contribution is 0.0785. The lowest BCUT2D eigenvalue weighted by Crippen LogP contribution is -2.26. The summed E-state index contributed by atoms with van der Waals surface area (Å²) in [6.45, 7) is 2.37. The molecule has 0 saturated carbocycles. The second-order valence-corrected chi connectivity index (χ2v) is 6.82. The van der Waals surface area contributed by atoms with Gasteiger partial charge in [0, 0.05) is 19.4 Å². The molecule has 0 saturated heterocycles. The van der Waals surface area contributed by atoms with Gasteiger partial charge in [0.1, 0.15) is 11.3 Å². The summed E-state index contributed by atoms with van der Waals surface area (Å²) in [7, 11) is 1.76. The summed E-state index contributed by atoms with van der Waals surface area (Å²) in [4.78, 5) is 19.8. The van der Waals surface area contributed by atoms with Crippen molar-refractivity contribution in [3.05, 3.63) is 59.0 Å². The molecule has 0 aromatic carbocycles. The highest BCUT2D eigenvalue weighted by atomic mass is 32.1. The fourth-order valence-electron chi connectivity index (χ4n) is 2.65. The predicted molar refractivity (Wildman–Crippen MR) is 95.4 cm³/mol. The predicted octanol–water partition coefficient (Wildman–Crippen LogP) is 2.76. The molecule has 4 rings (SSSR count). The average molecular weight is 352 g/mol.